The monoisotopic (exact) mass is 418 g/mol. The van der Waals surface area contributed by atoms with Gasteiger partial charge < -0.3 is 15.2 Å². The van der Waals surface area contributed by atoms with Gasteiger partial charge in [0.25, 0.3) is 11.6 Å². The first-order valence-electron chi connectivity index (χ1n) is 9.59. The van der Waals surface area contributed by atoms with Crippen molar-refractivity contribution in [2.24, 2.45) is 0 Å². The highest BCUT2D eigenvalue weighted by Crippen LogP contribution is 2.29. The molecule has 0 aliphatic carbocycles. The topological polar surface area (TPSA) is 97.1 Å². The number of nitrogens with zero attached hydrogens (tertiary/aromatic N) is 2. The fourth-order valence-electron chi connectivity index (χ4n) is 3.38. The molecule has 0 aliphatic heterocycles. The van der Waals surface area contributed by atoms with E-state index in [9.17, 15) is 14.0 Å². The number of aromatic nitrogens is 2. The third kappa shape index (κ3) is 3.87. The Bertz CT molecular complexity index is 1270. The number of aryl methyl sites for hydroxylation is 1. The quantitative estimate of drug-likeness (QED) is 0.517. The van der Waals surface area contributed by atoms with E-state index in [2.05, 4.69) is 20.8 Å². The molecule has 0 radical (unpaired) electrons. The smallest absolute Gasteiger partial charge is 0.259 e. The number of carbonyl (C=O) groups excluding carboxylic acids is 2. The van der Waals surface area contributed by atoms with Gasteiger partial charge in [-0.1, -0.05) is 47.6 Å². The van der Waals surface area contributed by atoms with E-state index in [1.165, 1.54) is 19.2 Å². The summed E-state index contributed by atoms with van der Waals surface area (Å²) in [6.45, 7) is 1.68. The molecule has 7 nitrogen and oxygen atoms in total. The maximum atomic E-state index is 14.4. The van der Waals surface area contributed by atoms with E-state index in [0.29, 0.717) is 16.6 Å². The lowest BCUT2D eigenvalue weighted by atomic mass is 10.0. The molecule has 2 amide bonds. The highest BCUT2D eigenvalue weighted by Gasteiger charge is 2.26. The van der Waals surface area contributed by atoms with Crippen molar-refractivity contribution in [3.05, 3.63) is 83.3 Å². The zero-order valence-electron chi connectivity index (χ0n) is 16.8. The van der Waals surface area contributed by atoms with Crippen molar-refractivity contribution in [3.8, 4) is 11.3 Å². The molecule has 2 aromatic carbocycles. The van der Waals surface area contributed by atoms with E-state index in [4.69, 9.17) is 4.52 Å². The van der Waals surface area contributed by atoms with Gasteiger partial charge in [-0.05, 0) is 30.7 Å². The number of benzene rings is 2. The summed E-state index contributed by atoms with van der Waals surface area (Å²) in [4.78, 5) is 30.1. The van der Waals surface area contributed by atoms with Crippen LogP contribution in [0.15, 0.2) is 65.2 Å². The number of amides is 2. The minimum absolute atomic E-state index is 0.111. The van der Waals surface area contributed by atoms with Crippen molar-refractivity contribution in [2.75, 3.05) is 7.05 Å². The third-order valence-electron chi connectivity index (χ3n) is 4.93. The normalized spacial score (nSPS) is 11.8. The van der Waals surface area contributed by atoms with Gasteiger partial charge in [0.1, 0.15) is 11.9 Å². The fraction of sp³-hybridized carbons (Fsp3) is 0.130. The van der Waals surface area contributed by atoms with Crippen LogP contribution in [0.1, 0.15) is 27.7 Å². The van der Waals surface area contributed by atoms with E-state index >= 15 is 0 Å². The van der Waals surface area contributed by atoms with E-state index < -0.39 is 17.8 Å². The molecule has 2 heterocycles. The average molecular weight is 418 g/mol. The number of pyridine rings is 1. The summed E-state index contributed by atoms with van der Waals surface area (Å²) < 4.78 is 19.6. The molecule has 0 saturated carbocycles. The molecule has 1 atom stereocenters. The van der Waals surface area contributed by atoms with Gasteiger partial charge in [0.05, 0.1) is 22.3 Å². The first-order chi connectivity index (χ1) is 15.0. The van der Waals surface area contributed by atoms with E-state index in [1.54, 1.807) is 49.4 Å². The second-order valence-corrected chi connectivity index (χ2v) is 6.91. The maximum Gasteiger partial charge on any atom is 0.259 e. The molecule has 1 unspecified atom stereocenters. The van der Waals surface area contributed by atoms with Gasteiger partial charge in [0.15, 0.2) is 0 Å². The van der Waals surface area contributed by atoms with Crippen molar-refractivity contribution in [2.45, 2.75) is 13.0 Å². The first kappa shape index (κ1) is 20.2. The summed E-state index contributed by atoms with van der Waals surface area (Å²) in [6.07, 6.45) is 0. The lowest BCUT2D eigenvalue weighted by Gasteiger charge is -2.18. The molecule has 0 saturated heterocycles. The Hall–Kier alpha value is -4.07. The molecular weight excluding hydrogens is 399 g/mol. The Morgan fingerprint density at radius 2 is 1.77 bits per heavy atom. The molecule has 4 rings (SSSR count). The summed E-state index contributed by atoms with van der Waals surface area (Å²) in [5.74, 6) is -1.39. The highest BCUT2D eigenvalue weighted by molar-refractivity contribution is 6.08. The number of nitrogens with one attached hydrogen (secondary N) is 2. The van der Waals surface area contributed by atoms with Crippen LogP contribution in [-0.2, 0) is 4.79 Å². The third-order valence-corrected chi connectivity index (χ3v) is 4.93. The zero-order valence-corrected chi connectivity index (χ0v) is 16.8. The van der Waals surface area contributed by atoms with Crippen LogP contribution in [0, 0.1) is 12.7 Å². The van der Waals surface area contributed by atoms with Crippen molar-refractivity contribution in [1.82, 2.24) is 20.8 Å². The van der Waals surface area contributed by atoms with Crippen LogP contribution in [0.25, 0.3) is 22.4 Å². The number of rotatable bonds is 5. The Morgan fingerprint density at radius 1 is 1.06 bits per heavy atom. The van der Waals surface area contributed by atoms with Gasteiger partial charge in [-0.3, -0.25) is 9.59 Å². The molecule has 2 aromatic heterocycles. The number of halogens is 1. The van der Waals surface area contributed by atoms with Gasteiger partial charge in [-0.15, -0.1) is 0 Å². The predicted octanol–water partition coefficient (Wildman–Crippen LogP) is 3.55. The lowest BCUT2D eigenvalue weighted by molar-refractivity contribution is -0.122. The molecule has 2 N–H and O–H groups in total. The molecule has 4 aromatic rings. The van der Waals surface area contributed by atoms with Crippen molar-refractivity contribution < 1.29 is 18.5 Å². The lowest BCUT2D eigenvalue weighted by Crippen LogP contribution is -2.39. The summed E-state index contributed by atoms with van der Waals surface area (Å²) in [6, 6.07) is 15.5. The summed E-state index contributed by atoms with van der Waals surface area (Å²) >= 11 is 0. The van der Waals surface area contributed by atoms with Crippen LogP contribution in [0.4, 0.5) is 4.39 Å². The largest absolute Gasteiger partial charge is 0.357 e. The van der Waals surface area contributed by atoms with Crippen molar-refractivity contribution >= 4 is 22.9 Å². The van der Waals surface area contributed by atoms with Gasteiger partial charge >= 0.3 is 0 Å². The zero-order chi connectivity index (χ0) is 22.0. The average Bonchev–Trinajstić information content (AvgIpc) is 3.17. The van der Waals surface area contributed by atoms with Crippen LogP contribution in [0.5, 0.6) is 0 Å². The molecular formula is C23H19FN4O3. The molecule has 156 valence electrons. The Labute approximate surface area is 177 Å². The predicted molar refractivity (Wildman–Crippen MR) is 113 cm³/mol. The maximum absolute atomic E-state index is 14.4. The van der Waals surface area contributed by atoms with E-state index in [-0.39, 0.29) is 28.4 Å². The second-order valence-electron chi connectivity index (χ2n) is 6.91. The van der Waals surface area contributed by atoms with Crippen LogP contribution in [0.3, 0.4) is 0 Å². The fourth-order valence-corrected chi connectivity index (χ4v) is 3.38. The van der Waals surface area contributed by atoms with Gasteiger partial charge in [-0.25, -0.2) is 9.37 Å². The number of carbonyl (C=O) groups is 2. The Morgan fingerprint density at radius 3 is 2.48 bits per heavy atom. The summed E-state index contributed by atoms with van der Waals surface area (Å²) in [5, 5.41) is 9.62. The second kappa shape index (κ2) is 8.35. The first-order valence-corrected chi connectivity index (χ1v) is 9.59. The van der Waals surface area contributed by atoms with E-state index in [1.807, 2.05) is 6.07 Å². The number of hydrogen-bond acceptors (Lipinski definition) is 5. The van der Waals surface area contributed by atoms with Crippen molar-refractivity contribution in [1.29, 1.82) is 0 Å². The Kier molecular flexibility index (Phi) is 5.44. The van der Waals surface area contributed by atoms with Crippen LogP contribution in [0.2, 0.25) is 0 Å². The number of hydrogen-bond donors (Lipinski definition) is 2. The molecule has 0 aliphatic rings. The summed E-state index contributed by atoms with van der Waals surface area (Å²) in [7, 11) is 1.50. The standard InChI is InChI=1S/C23H19FN4O3/c1-13-19-16(21(29)27-20(22(30)25-2)14-8-4-3-5-9-14)12-18(26-23(19)31-28-13)15-10-6-7-11-17(15)24/h3-12,20H,1-2H3,(H,25,30)(H,27,29). The highest BCUT2D eigenvalue weighted by atomic mass is 19.1. The SMILES string of the molecule is CNC(=O)C(NC(=O)c1cc(-c2ccccc2F)nc2onc(C)c12)c1ccccc1. The van der Waals surface area contributed by atoms with Gasteiger partial charge in [0.2, 0.25) is 5.91 Å². The molecule has 0 fully saturated rings. The van der Waals surface area contributed by atoms with Gasteiger partial charge in [-0.2, -0.15) is 0 Å². The molecule has 8 heteroatoms. The van der Waals surface area contributed by atoms with Gasteiger partial charge in [0, 0.05) is 12.6 Å². The van der Waals surface area contributed by atoms with Crippen molar-refractivity contribution in [3.63, 3.8) is 0 Å². The van der Waals surface area contributed by atoms with Crippen LogP contribution < -0.4 is 10.6 Å². The Balaban J connectivity index is 1.80. The molecule has 0 bridgehead atoms. The van der Waals surface area contributed by atoms with Crippen LogP contribution >= 0.6 is 0 Å². The van der Waals surface area contributed by atoms with E-state index in [0.717, 1.165) is 0 Å². The minimum atomic E-state index is -0.918. The minimum Gasteiger partial charge on any atom is -0.357 e. The molecule has 0 spiro atoms. The number of fused-ring (bicyclic) bond motifs is 1. The summed E-state index contributed by atoms with van der Waals surface area (Å²) in [5.41, 5.74) is 1.83. The number of likely N-dealkylation sites (N-methyl/N-ethyl adjacent to an activating group) is 1. The molecule has 31 heavy (non-hydrogen) atoms. The van der Waals surface area contributed by atoms with Crippen LogP contribution in [-0.4, -0.2) is 29.0 Å².